The van der Waals surface area contributed by atoms with Gasteiger partial charge < -0.3 is 50.9 Å². The summed E-state index contributed by atoms with van der Waals surface area (Å²) in [6.07, 6.45) is 1.22. The van der Waals surface area contributed by atoms with E-state index < -0.39 is 46.8 Å². The predicted molar refractivity (Wildman–Crippen MR) is 139 cm³/mol. The Morgan fingerprint density at radius 3 is 1.34 bits per heavy atom. The van der Waals surface area contributed by atoms with Gasteiger partial charge in [0.1, 0.15) is 12.2 Å². The Bertz CT molecular complexity index is 681. The first-order valence-corrected chi connectivity index (χ1v) is 11.8. The number of allylic oxidation sites excluding steroid dienone is 2. The molecule has 0 saturated carbocycles. The van der Waals surface area contributed by atoms with Crippen LogP contribution in [0.25, 0.3) is 0 Å². The van der Waals surface area contributed by atoms with Crippen LogP contribution in [0.2, 0.25) is 0 Å². The predicted octanol–water partition coefficient (Wildman–Crippen LogP) is -3.50. The molecule has 14 heteroatoms. The molecule has 38 heavy (non-hydrogen) atoms. The van der Waals surface area contributed by atoms with E-state index >= 15 is 0 Å². The van der Waals surface area contributed by atoms with E-state index in [4.69, 9.17) is 10.2 Å². The molecule has 0 unspecified atom stereocenters. The van der Waals surface area contributed by atoms with Crippen LogP contribution in [0.1, 0.15) is 53.4 Å². The van der Waals surface area contributed by atoms with Crippen LogP contribution in [0.4, 0.5) is 0 Å². The normalized spacial score (nSPS) is 12.4. The number of hydrogen-bond acceptors (Lipinski definition) is 10. The van der Waals surface area contributed by atoms with Crippen molar-refractivity contribution in [1.82, 2.24) is 10.6 Å². The standard InChI is InChI=1S/2C10H19NO5.C4H5.Ca.Li/c2*1-10(2,6-12)8(15)9(16)11-5-3-4-7(13)14;1-3-4-2;;/h2*8,12,15H,3-6H2,1-2H3,(H,11,16)(H,13,14);1,3-4H,2H2;;/q;;;+2;/p-2/t2*8-;;;/m00.../s1. The molecule has 0 aliphatic carbocycles. The van der Waals surface area contributed by atoms with E-state index in [1.54, 1.807) is 33.8 Å². The summed E-state index contributed by atoms with van der Waals surface area (Å²) >= 11 is 1.96. The van der Waals surface area contributed by atoms with Crippen LogP contribution in [-0.4, -0.2) is 138 Å². The third kappa shape index (κ3) is 24.1. The number of carbonyl (C=O) groups is 4. The number of aliphatic hydroxyl groups is 4. The molecular weight excluding hydrogens is 523 g/mol. The van der Waals surface area contributed by atoms with E-state index in [0.717, 1.165) is 0 Å². The molecule has 0 aromatic rings. The molecule has 0 fully saturated rings. The van der Waals surface area contributed by atoms with Crippen LogP contribution in [0.5, 0.6) is 0 Å². The van der Waals surface area contributed by atoms with Gasteiger partial charge in [-0.25, -0.2) is 0 Å². The van der Waals surface area contributed by atoms with Crippen LogP contribution in [0, 0.1) is 10.8 Å². The molecule has 0 spiro atoms. The molecule has 6 N–H and O–H groups in total. The average Bonchev–Trinajstić information content (AvgIpc) is 2.84. The van der Waals surface area contributed by atoms with E-state index in [1.165, 1.54) is 0 Å². The van der Waals surface area contributed by atoms with Crippen molar-refractivity contribution in [3.8, 4) is 0 Å². The van der Waals surface area contributed by atoms with Gasteiger partial charge in [-0.2, -0.15) is 0 Å². The summed E-state index contributed by atoms with van der Waals surface area (Å²) in [5.74, 6) is -3.58. The van der Waals surface area contributed by atoms with E-state index in [1.807, 2.05) is 28.5 Å². The van der Waals surface area contributed by atoms with Gasteiger partial charge in [0.15, 0.2) is 0 Å². The topological polar surface area (TPSA) is 219 Å². The summed E-state index contributed by atoms with van der Waals surface area (Å²) in [5, 5.41) is 61.9. The molecule has 0 radical (unpaired) electrons. The summed E-state index contributed by atoms with van der Waals surface area (Å²) in [6, 6.07) is 0. The van der Waals surface area contributed by atoms with Gasteiger partial charge in [0.2, 0.25) is 11.8 Å². The van der Waals surface area contributed by atoms with Gasteiger partial charge >= 0.3 is 78.9 Å². The Kier molecular flexibility index (Phi) is 29.1. The third-order valence-corrected chi connectivity index (χ3v) is 4.83. The first-order valence-electron chi connectivity index (χ1n) is 11.8. The fraction of sp³-hybridized carbons (Fsp3) is 0.667. The number of carbonyl (C=O) groups excluding carboxylic acids is 4. The van der Waals surface area contributed by atoms with Crippen LogP contribution in [-0.2, 0) is 19.2 Å². The Labute approximate surface area is 264 Å². The molecule has 0 bridgehead atoms. The molecule has 12 nitrogen and oxygen atoms in total. The van der Waals surface area contributed by atoms with Crippen LogP contribution in [0.3, 0.4) is 0 Å². The van der Waals surface area contributed by atoms with E-state index in [-0.39, 0.29) is 89.7 Å². The van der Waals surface area contributed by atoms with Gasteiger partial charge in [-0.15, -0.1) is 0 Å². The van der Waals surface area contributed by atoms with E-state index in [0.29, 0.717) is 0 Å². The molecule has 2 atom stereocenters. The van der Waals surface area contributed by atoms with E-state index in [2.05, 4.69) is 17.2 Å². The fourth-order valence-corrected chi connectivity index (χ4v) is 2.10. The van der Waals surface area contributed by atoms with Crippen molar-refractivity contribution in [3.05, 3.63) is 23.5 Å². The number of aliphatic hydroxyl groups excluding tert-OH is 4. The average molecular weight is 565 g/mol. The molecule has 2 amide bonds. The Morgan fingerprint density at radius 1 is 0.842 bits per heavy atom. The maximum absolute atomic E-state index is 11.4. The molecule has 0 rings (SSSR count). The van der Waals surface area contributed by atoms with Crippen LogP contribution >= 0.6 is 0 Å². The van der Waals surface area contributed by atoms with Gasteiger partial charge in [0.05, 0.1) is 13.2 Å². The van der Waals surface area contributed by atoms with Gasteiger partial charge in [-0.05, 0) is 25.7 Å². The molecule has 210 valence electrons. The summed E-state index contributed by atoms with van der Waals surface area (Å²) in [7, 11) is 0. The number of nitrogens with one attached hydrogen (secondary N) is 2. The Balaban J connectivity index is -0.000000252. The number of carboxylic acids is 2. The summed E-state index contributed by atoms with van der Waals surface area (Å²) in [6.45, 7) is 9.36. The Hall–Kier alpha value is -0.943. The second kappa shape index (κ2) is 25.1. The molecule has 0 aliphatic rings. The van der Waals surface area contributed by atoms with Crippen molar-refractivity contribution in [2.75, 3.05) is 26.3 Å². The summed E-state index contributed by atoms with van der Waals surface area (Å²) in [5.41, 5.74) is -1.84. The van der Waals surface area contributed by atoms with Crippen molar-refractivity contribution in [2.45, 2.75) is 65.6 Å². The van der Waals surface area contributed by atoms with Gasteiger partial charge in [0, 0.05) is 35.9 Å². The van der Waals surface area contributed by atoms with Gasteiger partial charge in [0.25, 0.3) is 0 Å². The summed E-state index contributed by atoms with van der Waals surface area (Å²) in [4.78, 5) is 42.9. The zero-order valence-corrected chi connectivity index (χ0v) is 25.4. The van der Waals surface area contributed by atoms with Crippen molar-refractivity contribution in [2.24, 2.45) is 10.8 Å². The van der Waals surface area contributed by atoms with Gasteiger partial charge in [-0.3, -0.25) is 9.59 Å². The Morgan fingerprint density at radius 2 is 1.16 bits per heavy atom. The van der Waals surface area contributed by atoms with Crippen molar-refractivity contribution >= 4 is 79.2 Å². The van der Waals surface area contributed by atoms with Gasteiger partial charge in [-0.1, -0.05) is 27.7 Å². The number of aliphatic carboxylic acids is 2. The fourth-order valence-electron chi connectivity index (χ4n) is 2.10. The molecular formula is C24H41CaLiN2O10. The second-order valence-corrected chi connectivity index (χ2v) is 9.39. The van der Waals surface area contributed by atoms with Crippen LogP contribution in [0.15, 0.2) is 23.5 Å². The van der Waals surface area contributed by atoms with Crippen molar-refractivity contribution in [3.63, 3.8) is 0 Å². The molecule has 0 saturated heterocycles. The number of carboxylic acid groups (broad SMARTS) is 2. The zero-order chi connectivity index (χ0) is 29.7. The quantitative estimate of drug-likeness (QED) is 0.0654. The summed E-state index contributed by atoms with van der Waals surface area (Å²) < 4.78 is 1.94. The second-order valence-electron chi connectivity index (χ2n) is 9.39. The number of rotatable bonds is 15. The number of amides is 2. The first kappa shape index (κ1) is 44.1. The zero-order valence-electron chi connectivity index (χ0n) is 23.2. The minimum atomic E-state index is -1.32. The minimum absolute atomic E-state index is 0. The molecule has 0 aliphatic heterocycles. The third-order valence-electron chi connectivity index (χ3n) is 4.83. The molecule has 0 heterocycles. The monoisotopic (exact) mass is 564 g/mol. The molecule has 0 aromatic carbocycles. The van der Waals surface area contributed by atoms with Crippen molar-refractivity contribution in [1.29, 1.82) is 0 Å². The van der Waals surface area contributed by atoms with E-state index in [9.17, 15) is 39.6 Å². The SMILES string of the molecule is CC(C)(CO)[C@@H](O)C(=O)NCCCC(=O)[O-].CC(C)(CO)[C@@H](O)C(=O)NCCCC(=O)[O-].[Ca+2].[Li]/[CH]=C/C=C. The maximum atomic E-state index is 11.4. The first-order chi connectivity index (χ1) is 17.0. The number of hydrogen-bond donors (Lipinski definition) is 6. The molecule has 0 aromatic heterocycles. The van der Waals surface area contributed by atoms with Crippen molar-refractivity contribution < 1.29 is 49.8 Å². The van der Waals surface area contributed by atoms with Crippen LogP contribution < -0.4 is 20.8 Å².